The number of hydrogen-bond acceptors (Lipinski definition) is 12. The molecule has 0 saturated carbocycles. The minimum absolute atomic E-state index is 0.170. The molecule has 226 valence electrons. The van der Waals surface area contributed by atoms with Gasteiger partial charge in [-0.3, -0.25) is 9.36 Å². The molecule has 5 N–H and O–H groups in total. The third-order valence-electron chi connectivity index (χ3n) is 7.22. The smallest absolute Gasteiger partial charge is 0.323 e. The Balaban J connectivity index is 1.36. The van der Waals surface area contributed by atoms with Gasteiger partial charge in [-0.2, -0.15) is 10.4 Å². The quantitative estimate of drug-likeness (QED) is 0.163. The van der Waals surface area contributed by atoms with Gasteiger partial charge in [0, 0.05) is 6.07 Å². The Morgan fingerprint density at radius 3 is 2.74 bits per heavy atom. The molecule has 1 fully saturated rings. The summed E-state index contributed by atoms with van der Waals surface area (Å²) < 4.78 is 36.3. The molecule has 1 aromatic carbocycles. The van der Waals surface area contributed by atoms with Crippen LogP contribution in [0.15, 0.2) is 42.7 Å². The summed E-state index contributed by atoms with van der Waals surface area (Å²) in [7, 11) is -2.87. The first kappa shape index (κ1) is 31.2. The zero-order valence-corrected chi connectivity index (χ0v) is 24.5. The number of aliphatic hydroxyl groups excluding tert-OH is 2. The highest BCUT2D eigenvalue weighted by atomic mass is 31.1. The predicted octanol–water partition coefficient (Wildman–Crippen LogP) is 1.96. The second kappa shape index (κ2) is 13.5. The van der Waals surface area contributed by atoms with Crippen LogP contribution in [0.1, 0.15) is 39.3 Å². The molecule has 3 heterocycles. The van der Waals surface area contributed by atoms with Crippen LogP contribution < -0.4 is 20.1 Å². The number of nitrogens with two attached hydrogens (primary N) is 1. The van der Waals surface area contributed by atoms with Crippen LogP contribution in [0.4, 0.5) is 5.82 Å². The number of nitrogens with one attached hydrogen (secondary N) is 1. The van der Waals surface area contributed by atoms with Crippen molar-refractivity contribution < 1.29 is 38.3 Å². The number of nitrogen functional groups attached to an aromatic ring is 1. The highest BCUT2D eigenvalue weighted by Crippen LogP contribution is 2.40. The van der Waals surface area contributed by atoms with E-state index >= 15 is 0 Å². The maximum Gasteiger partial charge on any atom is 0.323 e. The number of carbonyl (C=O) groups is 1. The molecule has 2 unspecified atom stereocenters. The predicted molar refractivity (Wildman–Crippen MR) is 151 cm³/mol. The Hall–Kier alpha value is -3.73. The molecule has 2 aromatic heterocycles. The second-order valence-electron chi connectivity index (χ2n) is 9.95. The van der Waals surface area contributed by atoms with Crippen molar-refractivity contribution >= 4 is 25.5 Å². The molecule has 0 aliphatic carbocycles. The van der Waals surface area contributed by atoms with Crippen molar-refractivity contribution in [3.63, 3.8) is 0 Å². The van der Waals surface area contributed by atoms with E-state index in [0.29, 0.717) is 12.1 Å². The summed E-state index contributed by atoms with van der Waals surface area (Å²) in [6, 6.07) is 10.5. The molecule has 0 bridgehead atoms. The Labute approximate surface area is 243 Å². The zero-order valence-electron chi connectivity index (χ0n) is 23.5. The third-order valence-corrected chi connectivity index (χ3v) is 8.31. The fraction of sp³-hybridized carbons (Fsp3) is 0.481. The monoisotopic (exact) mass is 602 g/mol. The molecular formula is C27H35N6O8P. The van der Waals surface area contributed by atoms with Crippen molar-refractivity contribution in [2.24, 2.45) is 5.92 Å². The van der Waals surface area contributed by atoms with Gasteiger partial charge in [-0.25, -0.2) is 14.6 Å². The molecule has 4 rings (SSSR count). The maximum atomic E-state index is 12.5. The van der Waals surface area contributed by atoms with Gasteiger partial charge in [0.2, 0.25) is 5.60 Å². The van der Waals surface area contributed by atoms with Gasteiger partial charge >= 0.3 is 14.1 Å². The van der Waals surface area contributed by atoms with E-state index in [4.69, 9.17) is 24.5 Å². The molecule has 0 radical (unpaired) electrons. The lowest BCUT2D eigenvalue weighted by atomic mass is 9.92. The number of fused-ring (bicyclic) bond motifs is 1. The largest absolute Gasteiger partial charge is 0.491 e. The number of nitrogens with zero attached hydrogens (tertiary/aromatic N) is 4. The highest BCUT2D eigenvalue weighted by molar-refractivity contribution is 7.37. The Morgan fingerprint density at radius 2 is 2.02 bits per heavy atom. The average molecular weight is 603 g/mol. The Kier molecular flexibility index (Phi) is 10.0. The molecule has 1 aliphatic heterocycles. The molecule has 1 saturated heterocycles. The standard InChI is InChI=1S/C27H35N6O8P/c1-4-17(5-2)12-39-26(36)16(3)32-42(37)41-19-8-6-7-18(11-19)38-13-21-23(34)24(35)27(14-28,40-21)22-10-9-20-25(29)30-15-31-33(20)22/h6-11,15-17,21,23-24,34-35,42H,4-5,12-13H2,1-3H3,(H,32,37)(H2,29,30,31)/t16-,21?,23+,24+,27-/m0/s1. The number of rotatable bonds is 13. The average Bonchev–Trinajstić information content (AvgIpc) is 3.53. The maximum absolute atomic E-state index is 12.5. The number of anilines is 1. The molecule has 1 aliphatic rings. The van der Waals surface area contributed by atoms with Crippen LogP contribution in [0.5, 0.6) is 11.5 Å². The lowest BCUT2D eigenvalue weighted by Crippen LogP contribution is -2.41. The lowest BCUT2D eigenvalue weighted by Gasteiger charge is -2.24. The summed E-state index contributed by atoms with van der Waals surface area (Å²) >= 11 is 0. The van der Waals surface area contributed by atoms with E-state index < -0.39 is 44.1 Å². The number of ether oxygens (including phenoxy) is 3. The van der Waals surface area contributed by atoms with Gasteiger partial charge in [0.15, 0.2) is 5.82 Å². The minimum Gasteiger partial charge on any atom is -0.491 e. The molecular weight excluding hydrogens is 567 g/mol. The van der Waals surface area contributed by atoms with Gasteiger partial charge in [-0.1, -0.05) is 32.8 Å². The SMILES string of the molecule is CCC(CC)COC(=O)[C@H](C)N[PH](=O)Oc1cccc(OCC2O[C@@](C#N)(c3ccc4c(N)ncnn34)[C@H](O)[C@@H]2O)c1. The Morgan fingerprint density at radius 1 is 1.29 bits per heavy atom. The normalized spacial score (nSPS) is 23.4. The van der Waals surface area contributed by atoms with Crippen LogP contribution in [0.2, 0.25) is 0 Å². The molecule has 14 nitrogen and oxygen atoms in total. The number of aliphatic hydroxyl groups is 2. The van der Waals surface area contributed by atoms with Gasteiger partial charge in [-0.05, 0) is 37.1 Å². The van der Waals surface area contributed by atoms with E-state index in [2.05, 4.69) is 15.2 Å². The van der Waals surface area contributed by atoms with Gasteiger partial charge in [0.25, 0.3) is 0 Å². The minimum atomic E-state index is -2.87. The van der Waals surface area contributed by atoms with Crippen LogP contribution in [0, 0.1) is 17.2 Å². The van der Waals surface area contributed by atoms with Crippen molar-refractivity contribution in [3.8, 4) is 17.6 Å². The van der Waals surface area contributed by atoms with Crippen LogP contribution >= 0.6 is 8.18 Å². The summed E-state index contributed by atoms with van der Waals surface area (Å²) in [4.78, 5) is 16.1. The van der Waals surface area contributed by atoms with Crippen molar-refractivity contribution in [2.45, 2.75) is 63.6 Å². The Bertz CT molecular complexity index is 1460. The molecule has 0 spiro atoms. The lowest BCUT2D eigenvalue weighted by molar-refractivity contribution is -0.146. The van der Waals surface area contributed by atoms with E-state index in [0.717, 1.165) is 12.8 Å². The number of benzene rings is 1. The van der Waals surface area contributed by atoms with Crippen LogP contribution in [0.25, 0.3) is 5.52 Å². The summed E-state index contributed by atoms with van der Waals surface area (Å²) in [5.41, 5.74) is 4.51. The summed E-state index contributed by atoms with van der Waals surface area (Å²) in [5, 5.41) is 38.4. The summed E-state index contributed by atoms with van der Waals surface area (Å²) in [5.74, 6) is 0.417. The second-order valence-corrected chi connectivity index (χ2v) is 11.0. The highest BCUT2D eigenvalue weighted by Gasteiger charge is 2.57. The van der Waals surface area contributed by atoms with E-state index in [1.54, 1.807) is 31.2 Å². The first-order chi connectivity index (χ1) is 20.1. The van der Waals surface area contributed by atoms with Gasteiger partial charge in [0.1, 0.15) is 60.4 Å². The molecule has 6 atom stereocenters. The fourth-order valence-electron chi connectivity index (χ4n) is 4.58. The first-order valence-corrected chi connectivity index (χ1v) is 14.9. The number of esters is 1. The molecule has 0 amide bonds. The van der Waals surface area contributed by atoms with Crippen molar-refractivity contribution in [1.82, 2.24) is 19.7 Å². The number of carbonyl (C=O) groups excluding carboxylic acids is 1. The van der Waals surface area contributed by atoms with Crippen molar-refractivity contribution in [3.05, 3.63) is 48.4 Å². The van der Waals surface area contributed by atoms with E-state index in [1.165, 1.54) is 23.0 Å². The van der Waals surface area contributed by atoms with Crippen molar-refractivity contribution in [1.29, 1.82) is 5.26 Å². The third kappa shape index (κ3) is 6.51. The molecule has 15 heteroatoms. The molecule has 42 heavy (non-hydrogen) atoms. The van der Waals surface area contributed by atoms with Crippen LogP contribution in [-0.4, -0.2) is 68.3 Å². The van der Waals surface area contributed by atoms with Crippen LogP contribution in [-0.2, 0) is 24.4 Å². The first-order valence-electron chi connectivity index (χ1n) is 13.5. The topological polar surface area (TPSA) is 204 Å². The number of aromatic nitrogens is 3. The number of hydrogen-bond donors (Lipinski definition) is 4. The zero-order chi connectivity index (χ0) is 30.4. The van der Waals surface area contributed by atoms with Gasteiger partial charge in [0.05, 0.1) is 12.3 Å². The van der Waals surface area contributed by atoms with Gasteiger partial charge in [-0.15, -0.1) is 0 Å². The van der Waals surface area contributed by atoms with Crippen LogP contribution in [0.3, 0.4) is 0 Å². The summed E-state index contributed by atoms with van der Waals surface area (Å²) in [6.07, 6.45) is -1.20. The van der Waals surface area contributed by atoms with E-state index in [9.17, 15) is 24.8 Å². The molecule has 3 aromatic rings. The van der Waals surface area contributed by atoms with Crippen molar-refractivity contribution in [2.75, 3.05) is 18.9 Å². The number of nitriles is 1. The van der Waals surface area contributed by atoms with E-state index in [1.807, 2.05) is 19.9 Å². The van der Waals surface area contributed by atoms with E-state index in [-0.39, 0.29) is 35.5 Å². The van der Waals surface area contributed by atoms with Gasteiger partial charge < -0.3 is 34.7 Å². The summed E-state index contributed by atoms with van der Waals surface area (Å²) in [6.45, 7) is 5.66. The fourth-order valence-corrected chi connectivity index (χ4v) is 5.45.